The van der Waals surface area contributed by atoms with Crippen molar-refractivity contribution in [2.45, 2.75) is 38.7 Å². The van der Waals surface area contributed by atoms with Gasteiger partial charge in [-0.15, -0.1) is 0 Å². The third-order valence-corrected chi connectivity index (χ3v) is 5.31. The van der Waals surface area contributed by atoms with Crippen LogP contribution in [0.3, 0.4) is 0 Å². The van der Waals surface area contributed by atoms with Crippen molar-refractivity contribution in [2.75, 3.05) is 13.1 Å². The zero-order chi connectivity index (χ0) is 16.5. The highest BCUT2D eigenvalue weighted by Gasteiger charge is 2.31. The summed E-state index contributed by atoms with van der Waals surface area (Å²) in [7, 11) is 0. The predicted molar refractivity (Wildman–Crippen MR) is 90.7 cm³/mol. The van der Waals surface area contributed by atoms with Gasteiger partial charge in [0.2, 0.25) is 0 Å². The Hall–Kier alpha value is -2.14. The number of hydrogen-bond donors (Lipinski definition) is 2. The molecule has 4 rings (SSSR count). The fraction of sp³-hybridized carbons (Fsp3) is 0.474. The van der Waals surface area contributed by atoms with Crippen LogP contribution in [0.25, 0.3) is 0 Å². The molecule has 1 atom stereocenters. The summed E-state index contributed by atoms with van der Waals surface area (Å²) in [5.74, 6) is 0.591. The van der Waals surface area contributed by atoms with Crippen molar-refractivity contribution < 1.29 is 9.90 Å². The lowest BCUT2D eigenvalue weighted by molar-refractivity contribution is 0.0780. The number of aromatic amines is 1. The molecule has 5 heteroatoms. The van der Waals surface area contributed by atoms with Crippen LogP contribution in [-0.4, -0.2) is 39.2 Å². The summed E-state index contributed by atoms with van der Waals surface area (Å²) >= 11 is 0. The van der Waals surface area contributed by atoms with E-state index in [4.69, 9.17) is 5.11 Å². The van der Waals surface area contributed by atoms with Crippen LogP contribution in [0.4, 0.5) is 0 Å². The SMILES string of the molecule is O=C(c1n[nH]c2c1CCC2)N1CCC(Cc2ccc(CO)cc2)C1. The zero-order valence-corrected chi connectivity index (χ0v) is 13.8. The molecule has 1 saturated heterocycles. The molecular weight excluding hydrogens is 302 g/mol. The average Bonchev–Trinajstić information content (AvgIpc) is 3.31. The Bertz CT molecular complexity index is 736. The number of aryl methyl sites for hydroxylation is 1. The number of aliphatic hydroxyl groups excluding tert-OH is 1. The Kier molecular flexibility index (Phi) is 4.10. The van der Waals surface area contributed by atoms with Crippen LogP contribution in [0.15, 0.2) is 24.3 Å². The number of fused-ring (bicyclic) bond motifs is 1. The van der Waals surface area contributed by atoms with Crippen molar-refractivity contribution in [1.29, 1.82) is 0 Å². The maximum absolute atomic E-state index is 12.8. The first kappa shape index (κ1) is 15.4. The summed E-state index contributed by atoms with van der Waals surface area (Å²) in [6.07, 6.45) is 5.13. The molecule has 1 fully saturated rings. The first-order chi connectivity index (χ1) is 11.7. The van der Waals surface area contributed by atoms with Crippen LogP contribution >= 0.6 is 0 Å². The van der Waals surface area contributed by atoms with E-state index in [1.807, 2.05) is 17.0 Å². The van der Waals surface area contributed by atoms with Crippen LogP contribution in [-0.2, 0) is 25.9 Å². The van der Waals surface area contributed by atoms with E-state index in [2.05, 4.69) is 22.3 Å². The number of aliphatic hydroxyl groups is 1. The minimum absolute atomic E-state index is 0.0833. The molecule has 0 saturated carbocycles. The van der Waals surface area contributed by atoms with Crippen LogP contribution in [0.1, 0.15) is 45.7 Å². The van der Waals surface area contributed by atoms with E-state index in [1.54, 1.807) is 0 Å². The summed E-state index contributed by atoms with van der Waals surface area (Å²) < 4.78 is 0. The van der Waals surface area contributed by atoms with Gasteiger partial charge in [0.25, 0.3) is 5.91 Å². The Morgan fingerprint density at radius 3 is 2.83 bits per heavy atom. The fourth-order valence-corrected chi connectivity index (χ4v) is 3.94. The second-order valence-corrected chi connectivity index (χ2v) is 6.97. The first-order valence-corrected chi connectivity index (χ1v) is 8.78. The number of nitrogens with one attached hydrogen (secondary N) is 1. The monoisotopic (exact) mass is 325 g/mol. The number of aromatic nitrogens is 2. The molecule has 2 aliphatic rings. The Morgan fingerprint density at radius 1 is 1.25 bits per heavy atom. The van der Waals surface area contributed by atoms with E-state index in [0.717, 1.165) is 62.0 Å². The number of benzene rings is 1. The fourth-order valence-electron chi connectivity index (χ4n) is 3.94. The van der Waals surface area contributed by atoms with Gasteiger partial charge < -0.3 is 10.0 Å². The summed E-state index contributed by atoms with van der Waals surface area (Å²) in [6, 6.07) is 8.10. The number of carbonyl (C=O) groups excluding carboxylic acids is 1. The second kappa shape index (κ2) is 6.40. The number of likely N-dealkylation sites (tertiary alicyclic amines) is 1. The van der Waals surface area contributed by atoms with Gasteiger partial charge in [0, 0.05) is 24.3 Å². The summed E-state index contributed by atoms with van der Waals surface area (Å²) in [5, 5.41) is 16.4. The van der Waals surface area contributed by atoms with Crippen molar-refractivity contribution in [2.24, 2.45) is 5.92 Å². The van der Waals surface area contributed by atoms with E-state index < -0.39 is 0 Å². The molecule has 1 amide bonds. The standard InChI is InChI=1S/C19H23N3O2/c23-12-14-6-4-13(5-7-14)10-15-8-9-22(11-15)19(24)18-16-2-1-3-17(16)20-21-18/h4-7,15,23H,1-3,8-12H2,(H,20,21). The molecule has 2 heterocycles. The average molecular weight is 325 g/mol. The second-order valence-electron chi connectivity index (χ2n) is 6.97. The van der Waals surface area contributed by atoms with Crippen molar-refractivity contribution in [3.63, 3.8) is 0 Å². The maximum atomic E-state index is 12.8. The quantitative estimate of drug-likeness (QED) is 0.904. The van der Waals surface area contributed by atoms with Gasteiger partial charge in [0.15, 0.2) is 5.69 Å². The van der Waals surface area contributed by atoms with Gasteiger partial charge >= 0.3 is 0 Å². The van der Waals surface area contributed by atoms with Gasteiger partial charge in [-0.25, -0.2) is 0 Å². The number of amides is 1. The van der Waals surface area contributed by atoms with Crippen LogP contribution < -0.4 is 0 Å². The Balaban J connectivity index is 1.39. The Labute approximate surface area is 141 Å². The number of nitrogens with zero attached hydrogens (tertiary/aromatic N) is 2. The van der Waals surface area contributed by atoms with E-state index in [9.17, 15) is 4.79 Å². The third kappa shape index (κ3) is 2.84. The maximum Gasteiger partial charge on any atom is 0.274 e. The van der Waals surface area contributed by atoms with E-state index in [1.165, 1.54) is 5.56 Å². The molecular formula is C19H23N3O2. The lowest BCUT2D eigenvalue weighted by Gasteiger charge is -2.16. The molecule has 2 N–H and O–H groups in total. The number of hydrogen-bond acceptors (Lipinski definition) is 3. The molecule has 126 valence electrons. The summed E-state index contributed by atoms with van der Waals surface area (Å²) in [5.41, 5.74) is 5.15. The number of H-pyrrole nitrogens is 1. The van der Waals surface area contributed by atoms with E-state index in [0.29, 0.717) is 11.6 Å². The molecule has 1 unspecified atom stereocenters. The van der Waals surface area contributed by atoms with Gasteiger partial charge in [0.05, 0.1) is 6.61 Å². The smallest absolute Gasteiger partial charge is 0.274 e. The minimum atomic E-state index is 0.0833. The van der Waals surface area contributed by atoms with Gasteiger partial charge in [-0.05, 0) is 49.1 Å². The normalized spacial score (nSPS) is 19.7. The van der Waals surface area contributed by atoms with Crippen molar-refractivity contribution in [3.05, 3.63) is 52.3 Å². The van der Waals surface area contributed by atoms with Gasteiger partial charge in [-0.2, -0.15) is 5.10 Å². The number of rotatable bonds is 4. The van der Waals surface area contributed by atoms with Crippen molar-refractivity contribution >= 4 is 5.91 Å². The van der Waals surface area contributed by atoms with Crippen molar-refractivity contribution in [3.8, 4) is 0 Å². The van der Waals surface area contributed by atoms with Crippen molar-refractivity contribution in [1.82, 2.24) is 15.1 Å². The predicted octanol–water partition coefficient (Wildman–Crippen LogP) is 2.10. The minimum Gasteiger partial charge on any atom is -0.392 e. The molecule has 1 aromatic carbocycles. The highest BCUT2D eigenvalue weighted by Crippen LogP contribution is 2.27. The molecule has 0 bridgehead atoms. The van der Waals surface area contributed by atoms with Gasteiger partial charge in [-0.1, -0.05) is 24.3 Å². The highest BCUT2D eigenvalue weighted by atomic mass is 16.3. The van der Waals surface area contributed by atoms with E-state index in [-0.39, 0.29) is 12.5 Å². The van der Waals surface area contributed by atoms with Crippen LogP contribution in [0.5, 0.6) is 0 Å². The molecule has 1 aromatic heterocycles. The van der Waals surface area contributed by atoms with E-state index >= 15 is 0 Å². The molecule has 1 aliphatic carbocycles. The molecule has 1 aliphatic heterocycles. The third-order valence-electron chi connectivity index (χ3n) is 5.31. The molecule has 5 nitrogen and oxygen atoms in total. The number of carbonyl (C=O) groups is 1. The van der Waals surface area contributed by atoms with Gasteiger partial charge in [0.1, 0.15) is 0 Å². The van der Waals surface area contributed by atoms with Crippen LogP contribution in [0, 0.1) is 5.92 Å². The summed E-state index contributed by atoms with van der Waals surface area (Å²) in [4.78, 5) is 14.7. The zero-order valence-electron chi connectivity index (χ0n) is 13.8. The molecule has 0 spiro atoms. The summed E-state index contributed by atoms with van der Waals surface area (Å²) in [6.45, 7) is 1.71. The topological polar surface area (TPSA) is 69.2 Å². The molecule has 0 radical (unpaired) electrons. The Morgan fingerprint density at radius 2 is 2.04 bits per heavy atom. The lowest BCUT2D eigenvalue weighted by atomic mass is 9.98. The van der Waals surface area contributed by atoms with Crippen LogP contribution in [0.2, 0.25) is 0 Å². The highest BCUT2D eigenvalue weighted by molar-refractivity contribution is 5.94. The van der Waals surface area contributed by atoms with Gasteiger partial charge in [-0.3, -0.25) is 9.89 Å². The molecule has 2 aromatic rings. The lowest BCUT2D eigenvalue weighted by Crippen LogP contribution is -2.30. The first-order valence-electron chi connectivity index (χ1n) is 8.78. The largest absolute Gasteiger partial charge is 0.392 e. The molecule has 24 heavy (non-hydrogen) atoms.